The zero-order valence-corrected chi connectivity index (χ0v) is 7.59. The number of benzene rings is 1. The summed E-state index contributed by atoms with van der Waals surface area (Å²) in [6, 6.07) is 2.82. The zero-order valence-electron chi connectivity index (χ0n) is 6.83. The number of carbonyl (C=O) groups excluding carboxylic acids is 3. The van der Waals surface area contributed by atoms with Crippen LogP contribution in [0, 0.1) is 0 Å². The van der Waals surface area contributed by atoms with Crippen molar-refractivity contribution in [1.82, 2.24) is 5.32 Å². The molecule has 0 aliphatic carbocycles. The number of fused-ring (bicyclic) bond motifs is 1. The molecule has 0 bridgehead atoms. The van der Waals surface area contributed by atoms with Crippen molar-refractivity contribution in [2.75, 3.05) is 0 Å². The van der Waals surface area contributed by atoms with Gasteiger partial charge < -0.3 is 0 Å². The fraction of sp³-hybridized carbons (Fsp3) is 0. The lowest BCUT2D eigenvalue weighted by Crippen LogP contribution is -2.20. The molecule has 14 heavy (non-hydrogen) atoms. The molecule has 0 fully saturated rings. The zero-order chi connectivity index (χ0) is 10.3. The second-order valence-corrected chi connectivity index (χ2v) is 3.17. The lowest BCUT2D eigenvalue weighted by Gasteiger charge is -1.99. The van der Waals surface area contributed by atoms with E-state index in [0.29, 0.717) is 6.29 Å². The Morgan fingerprint density at radius 3 is 2.57 bits per heavy atom. The van der Waals surface area contributed by atoms with Crippen molar-refractivity contribution in [3.05, 3.63) is 33.8 Å². The molecule has 1 aromatic carbocycles. The van der Waals surface area contributed by atoms with Gasteiger partial charge in [0.05, 0.1) is 16.1 Å². The highest BCUT2D eigenvalue weighted by molar-refractivity contribution is 6.39. The number of aldehydes is 1. The van der Waals surface area contributed by atoms with Crippen LogP contribution in [0.1, 0.15) is 31.1 Å². The normalized spacial score (nSPS) is 13.8. The van der Waals surface area contributed by atoms with Crippen molar-refractivity contribution >= 4 is 29.7 Å². The summed E-state index contributed by atoms with van der Waals surface area (Å²) in [5, 5.41) is 2.12. The van der Waals surface area contributed by atoms with Crippen LogP contribution in [0.4, 0.5) is 0 Å². The molecule has 0 saturated carbocycles. The van der Waals surface area contributed by atoms with E-state index in [9.17, 15) is 14.4 Å². The van der Waals surface area contributed by atoms with Gasteiger partial charge in [-0.25, -0.2) is 0 Å². The molecule has 1 aromatic rings. The van der Waals surface area contributed by atoms with Gasteiger partial charge in [0.25, 0.3) is 11.8 Å². The quantitative estimate of drug-likeness (QED) is 0.555. The highest BCUT2D eigenvalue weighted by Crippen LogP contribution is 2.26. The molecule has 0 unspecified atom stereocenters. The lowest BCUT2D eigenvalue weighted by molar-refractivity contribution is 0.0879. The van der Waals surface area contributed by atoms with E-state index in [1.54, 1.807) is 0 Å². The summed E-state index contributed by atoms with van der Waals surface area (Å²) in [7, 11) is 0. The standard InChI is InChI=1S/C9H4ClNO3/c10-7-4(3-12)1-2-5-6(7)9(14)11-8(5)13/h1-3H,(H,11,13,14). The van der Waals surface area contributed by atoms with Gasteiger partial charge in [0.1, 0.15) is 0 Å². The number of amides is 2. The maximum absolute atomic E-state index is 11.2. The topological polar surface area (TPSA) is 63.2 Å². The molecule has 0 saturated heterocycles. The first-order valence-corrected chi connectivity index (χ1v) is 4.16. The highest BCUT2D eigenvalue weighted by atomic mass is 35.5. The molecule has 5 heteroatoms. The summed E-state index contributed by atoms with van der Waals surface area (Å²) >= 11 is 5.77. The van der Waals surface area contributed by atoms with Crippen molar-refractivity contribution in [1.29, 1.82) is 0 Å². The molecule has 70 valence electrons. The average Bonchev–Trinajstić information content (AvgIpc) is 2.44. The summed E-state index contributed by atoms with van der Waals surface area (Å²) < 4.78 is 0. The lowest BCUT2D eigenvalue weighted by atomic mass is 10.1. The van der Waals surface area contributed by atoms with Gasteiger partial charge in [-0.1, -0.05) is 11.6 Å². The van der Waals surface area contributed by atoms with E-state index in [1.165, 1.54) is 12.1 Å². The van der Waals surface area contributed by atoms with Crippen LogP contribution in [-0.4, -0.2) is 18.1 Å². The third-order valence-electron chi connectivity index (χ3n) is 2.00. The Morgan fingerprint density at radius 2 is 1.93 bits per heavy atom. The number of hydrogen-bond acceptors (Lipinski definition) is 3. The van der Waals surface area contributed by atoms with E-state index in [0.717, 1.165) is 0 Å². The number of hydrogen-bond donors (Lipinski definition) is 1. The Morgan fingerprint density at radius 1 is 1.21 bits per heavy atom. The summed E-state index contributed by atoms with van der Waals surface area (Å²) in [5.41, 5.74) is 0.502. The van der Waals surface area contributed by atoms with Gasteiger partial charge >= 0.3 is 0 Å². The molecule has 1 aliphatic heterocycles. The maximum Gasteiger partial charge on any atom is 0.260 e. The minimum atomic E-state index is -0.557. The van der Waals surface area contributed by atoms with Crippen molar-refractivity contribution in [2.24, 2.45) is 0 Å². The van der Waals surface area contributed by atoms with Crippen molar-refractivity contribution < 1.29 is 14.4 Å². The molecule has 0 radical (unpaired) electrons. The molecule has 0 atom stereocenters. The number of nitrogens with one attached hydrogen (secondary N) is 1. The van der Waals surface area contributed by atoms with E-state index in [2.05, 4.69) is 5.32 Å². The first-order valence-electron chi connectivity index (χ1n) is 3.78. The minimum absolute atomic E-state index is 0.0286. The Balaban J connectivity index is 2.76. The Kier molecular flexibility index (Phi) is 1.86. The number of halogens is 1. The summed E-state index contributed by atoms with van der Waals surface area (Å²) in [6.45, 7) is 0. The van der Waals surface area contributed by atoms with E-state index >= 15 is 0 Å². The van der Waals surface area contributed by atoms with Gasteiger partial charge in [-0.3, -0.25) is 19.7 Å². The molecule has 0 spiro atoms. The van der Waals surface area contributed by atoms with Gasteiger partial charge in [-0.05, 0) is 12.1 Å². The van der Waals surface area contributed by atoms with E-state index < -0.39 is 11.8 Å². The molecular weight excluding hydrogens is 206 g/mol. The Hall–Kier alpha value is -1.68. The molecule has 2 amide bonds. The monoisotopic (exact) mass is 209 g/mol. The molecule has 4 nitrogen and oxygen atoms in total. The van der Waals surface area contributed by atoms with Crippen LogP contribution >= 0.6 is 11.6 Å². The van der Waals surface area contributed by atoms with E-state index in [-0.39, 0.29) is 21.7 Å². The first-order chi connectivity index (χ1) is 6.65. The molecule has 1 N–H and O–H groups in total. The van der Waals surface area contributed by atoms with Crippen LogP contribution in [0.5, 0.6) is 0 Å². The van der Waals surface area contributed by atoms with Gasteiger partial charge in [0.15, 0.2) is 6.29 Å². The summed E-state index contributed by atoms with van der Waals surface area (Å²) in [5.74, 6) is -1.04. The number of rotatable bonds is 1. The third kappa shape index (κ3) is 1.04. The fourth-order valence-electron chi connectivity index (χ4n) is 1.33. The SMILES string of the molecule is O=Cc1ccc2c(c1Cl)C(=O)NC2=O. The van der Waals surface area contributed by atoms with Crippen molar-refractivity contribution in [2.45, 2.75) is 0 Å². The number of imide groups is 1. The summed E-state index contributed by atoms with van der Waals surface area (Å²) in [6.07, 6.45) is 0.540. The highest BCUT2D eigenvalue weighted by Gasteiger charge is 2.30. The number of carbonyl (C=O) groups is 3. The predicted octanol–water partition coefficient (Wildman–Crippen LogP) is 1.04. The second-order valence-electron chi connectivity index (χ2n) is 2.79. The van der Waals surface area contributed by atoms with Gasteiger partial charge in [0, 0.05) is 5.56 Å². The van der Waals surface area contributed by atoms with E-state index in [4.69, 9.17) is 11.6 Å². The molecule has 0 aromatic heterocycles. The molecule has 1 heterocycles. The largest absolute Gasteiger partial charge is 0.298 e. The Bertz CT molecular complexity index is 467. The first kappa shape index (κ1) is 8.90. The average molecular weight is 210 g/mol. The van der Waals surface area contributed by atoms with Crippen LogP contribution in [0.2, 0.25) is 5.02 Å². The molecule has 1 aliphatic rings. The predicted molar refractivity (Wildman–Crippen MR) is 48.6 cm³/mol. The minimum Gasteiger partial charge on any atom is -0.298 e. The Labute approximate surface area is 83.9 Å². The van der Waals surface area contributed by atoms with Crippen LogP contribution in [0.3, 0.4) is 0 Å². The molecular formula is C9H4ClNO3. The van der Waals surface area contributed by atoms with Crippen LogP contribution < -0.4 is 5.32 Å². The van der Waals surface area contributed by atoms with Crippen molar-refractivity contribution in [3.8, 4) is 0 Å². The van der Waals surface area contributed by atoms with E-state index in [1.807, 2.05) is 0 Å². The molecule has 2 rings (SSSR count). The van der Waals surface area contributed by atoms with Crippen LogP contribution in [0.15, 0.2) is 12.1 Å². The smallest absolute Gasteiger partial charge is 0.260 e. The van der Waals surface area contributed by atoms with Crippen LogP contribution in [0.25, 0.3) is 0 Å². The summed E-state index contributed by atoms with van der Waals surface area (Å²) in [4.78, 5) is 32.9. The third-order valence-corrected chi connectivity index (χ3v) is 2.40. The van der Waals surface area contributed by atoms with Gasteiger partial charge in [-0.15, -0.1) is 0 Å². The maximum atomic E-state index is 11.2. The van der Waals surface area contributed by atoms with Gasteiger partial charge in [0.2, 0.25) is 0 Å². The fourth-order valence-corrected chi connectivity index (χ4v) is 1.62. The van der Waals surface area contributed by atoms with Gasteiger partial charge in [-0.2, -0.15) is 0 Å². The van der Waals surface area contributed by atoms with Crippen molar-refractivity contribution in [3.63, 3.8) is 0 Å². The second kappa shape index (κ2) is 2.92. The van der Waals surface area contributed by atoms with Crippen LogP contribution in [-0.2, 0) is 0 Å².